The Hall–Kier alpha value is -0.930. The number of carbonyl (C=O) groups is 1. The number of fused-ring (bicyclic) bond motifs is 5. The van der Waals surface area contributed by atoms with E-state index in [0.717, 1.165) is 38.5 Å². The molecule has 3 nitrogen and oxygen atoms in total. The molecule has 0 saturated heterocycles. The van der Waals surface area contributed by atoms with Crippen LogP contribution in [-0.4, -0.2) is 27.7 Å². The number of hydrogen-bond donors (Lipinski definition) is 2. The van der Waals surface area contributed by atoms with Gasteiger partial charge in [-0.1, -0.05) is 37.1 Å². The topological polar surface area (TPSA) is 57.5 Å². The number of aliphatic hydroxyl groups is 2. The molecule has 4 aliphatic carbocycles. The molecule has 0 heterocycles. The number of carbonyl (C=O) groups excluding carboxylic acids is 1. The largest absolute Gasteiger partial charge is 0.389 e. The molecular weight excluding hydrogens is 300 g/mol. The van der Waals surface area contributed by atoms with Gasteiger partial charge in [-0.2, -0.15) is 0 Å². The van der Waals surface area contributed by atoms with Crippen LogP contribution in [0.25, 0.3) is 0 Å². The van der Waals surface area contributed by atoms with Crippen LogP contribution in [0.1, 0.15) is 65.7 Å². The molecule has 4 rings (SSSR count). The summed E-state index contributed by atoms with van der Waals surface area (Å²) in [5, 5.41) is 21.1. The third-order valence-electron chi connectivity index (χ3n) is 8.20. The van der Waals surface area contributed by atoms with Gasteiger partial charge in [0.2, 0.25) is 0 Å². The minimum absolute atomic E-state index is 0.0623. The Morgan fingerprint density at radius 1 is 1.21 bits per heavy atom. The zero-order chi connectivity index (χ0) is 17.3. The van der Waals surface area contributed by atoms with Crippen LogP contribution < -0.4 is 0 Å². The Morgan fingerprint density at radius 2 is 1.96 bits per heavy atom. The first kappa shape index (κ1) is 16.5. The van der Waals surface area contributed by atoms with E-state index in [9.17, 15) is 15.0 Å². The highest BCUT2D eigenvalue weighted by Gasteiger charge is 2.63. The lowest BCUT2D eigenvalue weighted by Gasteiger charge is -2.54. The summed E-state index contributed by atoms with van der Waals surface area (Å²) in [6.45, 7) is 6.04. The van der Waals surface area contributed by atoms with Crippen molar-refractivity contribution in [2.45, 2.75) is 77.4 Å². The maximum Gasteiger partial charge on any atom is 0.161 e. The van der Waals surface area contributed by atoms with Crippen molar-refractivity contribution in [1.29, 1.82) is 0 Å². The van der Waals surface area contributed by atoms with Crippen molar-refractivity contribution in [3.05, 3.63) is 23.3 Å². The van der Waals surface area contributed by atoms with Gasteiger partial charge >= 0.3 is 0 Å². The van der Waals surface area contributed by atoms with Crippen molar-refractivity contribution in [2.75, 3.05) is 0 Å². The van der Waals surface area contributed by atoms with Crippen molar-refractivity contribution in [3.63, 3.8) is 0 Å². The van der Waals surface area contributed by atoms with E-state index in [-0.39, 0.29) is 22.7 Å². The monoisotopic (exact) mass is 330 g/mol. The molecule has 0 radical (unpaired) electrons. The van der Waals surface area contributed by atoms with E-state index < -0.39 is 5.60 Å². The van der Waals surface area contributed by atoms with Gasteiger partial charge in [0, 0.05) is 10.8 Å². The molecule has 4 aliphatic rings. The standard InChI is InChI=1S/C21H30O3/c1-13(22)21(24)11-8-18-16-5-4-14-12-15(23)6-9-19(14,2)17(16)7-10-20(18,21)3/h7,12,15-16,18,23-24H,4-6,8-11H2,1-3H3/t15?,16-,18+,19+,20+,21+/m1/s1. The molecule has 0 aromatic heterocycles. The van der Waals surface area contributed by atoms with Gasteiger partial charge in [-0.3, -0.25) is 4.79 Å². The Bertz CT molecular complexity index is 647. The molecule has 2 fully saturated rings. The fourth-order valence-electron chi connectivity index (χ4n) is 6.60. The number of rotatable bonds is 1. The fourth-order valence-corrected chi connectivity index (χ4v) is 6.60. The minimum atomic E-state index is -1.15. The normalized spacial score (nSPS) is 50.3. The summed E-state index contributed by atoms with van der Waals surface area (Å²) in [7, 11) is 0. The summed E-state index contributed by atoms with van der Waals surface area (Å²) in [4.78, 5) is 12.2. The zero-order valence-electron chi connectivity index (χ0n) is 15.1. The Morgan fingerprint density at radius 3 is 2.67 bits per heavy atom. The molecule has 0 amide bonds. The van der Waals surface area contributed by atoms with Crippen molar-refractivity contribution >= 4 is 5.78 Å². The molecule has 2 N–H and O–H groups in total. The second-order valence-electron chi connectivity index (χ2n) is 9.12. The van der Waals surface area contributed by atoms with Crippen LogP contribution in [0.5, 0.6) is 0 Å². The van der Waals surface area contributed by atoms with Crippen LogP contribution in [0.4, 0.5) is 0 Å². The van der Waals surface area contributed by atoms with Gasteiger partial charge < -0.3 is 10.2 Å². The number of allylic oxidation sites excluding steroid dienone is 3. The fraction of sp³-hybridized carbons (Fsp3) is 0.762. The highest BCUT2D eigenvalue weighted by atomic mass is 16.3. The van der Waals surface area contributed by atoms with Crippen LogP contribution >= 0.6 is 0 Å². The van der Waals surface area contributed by atoms with Crippen LogP contribution in [-0.2, 0) is 4.79 Å². The van der Waals surface area contributed by atoms with Crippen LogP contribution in [0, 0.1) is 22.7 Å². The summed E-state index contributed by atoms with van der Waals surface area (Å²) in [5.74, 6) is 0.818. The van der Waals surface area contributed by atoms with Gasteiger partial charge in [-0.15, -0.1) is 0 Å². The quantitative estimate of drug-likeness (QED) is 0.723. The van der Waals surface area contributed by atoms with Gasteiger partial charge in [-0.05, 0) is 63.7 Å². The maximum atomic E-state index is 12.2. The van der Waals surface area contributed by atoms with Crippen LogP contribution in [0.2, 0.25) is 0 Å². The van der Waals surface area contributed by atoms with Gasteiger partial charge in [0.05, 0.1) is 6.10 Å². The van der Waals surface area contributed by atoms with Crippen molar-refractivity contribution in [2.24, 2.45) is 22.7 Å². The molecule has 3 heteroatoms. The third kappa shape index (κ3) is 1.89. The summed E-state index contributed by atoms with van der Waals surface area (Å²) in [5.41, 5.74) is 1.55. The number of hydrogen-bond acceptors (Lipinski definition) is 3. The number of aliphatic hydroxyl groups excluding tert-OH is 1. The SMILES string of the molecule is CC(=O)[C@@]1(O)CC[C@H]2[C@@H]3CCC4=CC(O)CC[C@]4(C)C3=CC[C@@]21C. The van der Waals surface area contributed by atoms with E-state index in [1.807, 2.05) is 0 Å². The highest BCUT2D eigenvalue weighted by molar-refractivity contribution is 5.86. The molecule has 24 heavy (non-hydrogen) atoms. The molecule has 0 spiro atoms. The maximum absolute atomic E-state index is 12.2. The molecule has 1 unspecified atom stereocenters. The molecule has 0 aromatic carbocycles. The molecule has 0 bridgehead atoms. The van der Waals surface area contributed by atoms with Gasteiger partial charge in [-0.25, -0.2) is 0 Å². The van der Waals surface area contributed by atoms with E-state index in [1.165, 1.54) is 11.1 Å². The number of Topliss-reactive ketones (excluding diaryl/α,β-unsaturated/α-hetero) is 1. The first-order chi connectivity index (χ1) is 11.2. The molecule has 0 aromatic rings. The zero-order valence-corrected chi connectivity index (χ0v) is 15.1. The van der Waals surface area contributed by atoms with Gasteiger partial charge in [0.1, 0.15) is 5.60 Å². The second-order valence-corrected chi connectivity index (χ2v) is 9.12. The lowest BCUT2D eigenvalue weighted by Crippen LogP contribution is -2.54. The average Bonchev–Trinajstić information content (AvgIpc) is 2.81. The van der Waals surface area contributed by atoms with E-state index in [1.54, 1.807) is 6.92 Å². The lowest BCUT2D eigenvalue weighted by molar-refractivity contribution is -0.150. The molecule has 2 saturated carbocycles. The van der Waals surface area contributed by atoms with Crippen molar-refractivity contribution in [3.8, 4) is 0 Å². The van der Waals surface area contributed by atoms with E-state index in [0.29, 0.717) is 18.3 Å². The minimum Gasteiger partial charge on any atom is -0.389 e. The van der Waals surface area contributed by atoms with Gasteiger partial charge in [0.15, 0.2) is 5.78 Å². The molecular formula is C21H30O3. The first-order valence-corrected chi connectivity index (χ1v) is 9.55. The Balaban J connectivity index is 1.76. The predicted molar refractivity (Wildman–Crippen MR) is 93.3 cm³/mol. The average molecular weight is 330 g/mol. The highest BCUT2D eigenvalue weighted by Crippen LogP contribution is 2.65. The van der Waals surface area contributed by atoms with Gasteiger partial charge in [0.25, 0.3) is 0 Å². The summed E-state index contributed by atoms with van der Waals surface area (Å²) >= 11 is 0. The summed E-state index contributed by atoms with van der Waals surface area (Å²) in [6.07, 6.45) is 10.5. The molecule has 6 atom stereocenters. The lowest BCUT2D eigenvalue weighted by atomic mass is 9.50. The van der Waals surface area contributed by atoms with Crippen molar-refractivity contribution < 1.29 is 15.0 Å². The molecule has 132 valence electrons. The third-order valence-corrected chi connectivity index (χ3v) is 8.20. The Kier molecular flexibility index (Phi) is 3.48. The summed E-state index contributed by atoms with van der Waals surface area (Å²) < 4.78 is 0. The van der Waals surface area contributed by atoms with Crippen LogP contribution in [0.3, 0.4) is 0 Å². The second kappa shape index (κ2) is 5.04. The number of ketones is 1. The summed E-state index contributed by atoms with van der Waals surface area (Å²) in [6, 6.07) is 0. The van der Waals surface area contributed by atoms with Crippen molar-refractivity contribution in [1.82, 2.24) is 0 Å². The van der Waals surface area contributed by atoms with E-state index in [2.05, 4.69) is 26.0 Å². The van der Waals surface area contributed by atoms with E-state index >= 15 is 0 Å². The molecule has 0 aliphatic heterocycles. The first-order valence-electron chi connectivity index (χ1n) is 9.55. The Labute approximate surface area is 144 Å². The van der Waals surface area contributed by atoms with Crippen LogP contribution in [0.15, 0.2) is 23.3 Å². The van der Waals surface area contributed by atoms with E-state index in [4.69, 9.17) is 0 Å². The smallest absolute Gasteiger partial charge is 0.161 e. The predicted octanol–water partition coefficient (Wildman–Crippen LogP) is 3.55.